The van der Waals surface area contributed by atoms with Crippen LogP contribution in [0.5, 0.6) is 0 Å². The summed E-state index contributed by atoms with van der Waals surface area (Å²) in [5.41, 5.74) is 2.33. The van der Waals surface area contributed by atoms with Crippen molar-refractivity contribution < 1.29 is 18.1 Å². The number of halogens is 1. The first-order valence-electron chi connectivity index (χ1n) is 9.02. The van der Waals surface area contributed by atoms with Crippen LogP contribution < -0.4 is 10.0 Å². The number of hydrogen-bond donors (Lipinski definition) is 2. The fraction of sp³-hybridized carbons (Fsp3) is 0.0952. The number of benzene rings is 3. The van der Waals surface area contributed by atoms with Crippen LogP contribution in [0.1, 0.15) is 21.5 Å². The molecule has 3 aromatic carbocycles. The van der Waals surface area contributed by atoms with Gasteiger partial charge in [0.2, 0.25) is 0 Å². The highest BCUT2D eigenvalue weighted by Gasteiger charge is 2.21. The Hall–Kier alpha value is -3.43. The minimum absolute atomic E-state index is 0.0244. The molecule has 0 unspecified atom stereocenters. The van der Waals surface area contributed by atoms with E-state index in [-0.39, 0.29) is 26.9 Å². The molecule has 1 amide bonds. The lowest BCUT2D eigenvalue weighted by Gasteiger charge is -2.12. The molecular formula is C21H18ClN3O5S. The number of anilines is 2. The zero-order valence-corrected chi connectivity index (χ0v) is 18.1. The zero-order chi connectivity index (χ0) is 22.8. The summed E-state index contributed by atoms with van der Waals surface area (Å²) < 4.78 is 28.2. The quantitative estimate of drug-likeness (QED) is 0.400. The van der Waals surface area contributed by atoms with Gasteiger partial charge in [0.05, 0.1) is 9.95 Å². The number of carbonyl (C=O) groups is 1. The number of nitro groups is 1. The summed E-state index contributed by atoms with van der Waals surface area (Å²) in [4.78, 5) is 22.6. The topological polar surface area (TPSA) is 118 Å². The van der Waals surface area contributed by atoms with Gasteiger partial charge in [0.15, 0.2) is 0 Å². The molecule has 0 fully saturated rings. The number of sulfonamides is 1. The third kappa shape index (κ3) is 5.19. The number of non-ortho nitro benzene ring substituents is 1. The van der Waals surface area contributed by atoms with Crippen LogP contribution >= 0.6 is 11.6 Å². The van der Waals surface area contributed by atoms with Crippen molar-refractivity contribution >= 4 is 44.6 Å². The van der Waals surface area contributed by atoms with E-state index in [2.05, 4.69) is 10.0 Å². The molecule has 8 nitrogen and oxygen atoms in total. The molecule has 10 heteroatoms. The highest BCUT2D eigenvalue weighted by Crippen LogP contribution is 2.26. The van der Waals surface area contributed by atoms with Crippen molar-refractivity contribution in [2.75, 3.05) is 10.0 Å². The average Bonchev–Trinajstić information content (AvgIpc) is 2.71. The molecule has 0 aromatic heterocycles. The Morgan fingerprint density at radius 2 is 1.71 bits per heavy atom. The second-order valence-electron chi connectivity index (χ2n) is 6.81. The fourth-order valence-electron chi connectivity index (χ4n) is 2.77. The fourth-order valence-corrected chi connectivity index (χ4v) is 4.34. The predicted molar refractivity (Wildman–Crippen MR) is 119 cm³/mol. The van der Waals surface area contributed by atoms with E-state index in [0.717, 1.165) is 17.2 Å². The summed E-state index contributed by atoms with van der Waals surface area (Å²) in [7, 11) is -4.07. The number of rotatable bonds is 6. The smallest absolute Gasteiger partial charge is 0.271 e. The molecule has 3 rings (SSSR count). The van der Waals surface area contributed by atoms with Crippen molar-refractivity contribution in [1.29, 1.82) is 0 Å². The van der Waals surface area contributed by atoms with E-state index in [1.165, 1.54) is 36.4 Å². The highest BCUT2D eigenvalue weighted by atomic mass is 35.5. The Kier molecular flexibility index (Phi) is 6.28. The van der Waals surface area contributed by atoms with E-state index in [9.17, 15) is 23.3 Å². The summed E-state index contributed by atoms with van der Waals surface area (Å²) in [5, 5.41) is 13.4. The largest absolute Gasteiger partial charge is 0.322 e. The van der Waals surface area contributed by atoms with Crippen molar-refractivity contribution in [3.05, 3.63) is 92.5 Å². The van der Waals surface area contributed by atoms with Gasteiger partial charge in [-0.3, -0.25) is 19.6 Å². The molecule has 0 saturated carbocycles. The molecule has 0 aliphatic heterocycles. The number of amides is 1. The van der Waals surface area contributed by atoms with Crippen molar-refractivity contribution in [3.63, 3.8) is 0 Å². The lowest BCUT2D eigenvalue weighted by molar-refractivity contribution is -0.384. The van der Waals surface area contributed by atoms with Crippen LogP contribution in [0.3, 0.4) is 0 Å². The van der Waals surface area contributed by atoms with E-state index in [1.54, 1.807) is 18.2 Å². The molecule has 0 bridgehead atoms. The lowest BCUT2D eigenvalue weighted by atomic mass is 10.1. The van der Waals surface area contributed by atoms with Gasteiger partial charge in [-0.2, -0.15) is 0 Å². The van der Waals surface area contributed by atoms with Gasteiger partial charge in [-0.05, 0) is 61.4 Å². The lowest BCUT2D eigenvalue weighted by Crippen LogP contribution is -2.16. The summed E-state index contributed by atoms with van der Waals surface area (Å²) in [6.07, 6.45) is 0. The van der Waals surface area contributed by atoms with E-state index in [1.807, 2.05) is 13.8 Å². The molecule has 0 heterocycles. The first-order chi connectivity index (χ1) is 14.6. The molecule has 0 aliphatic rings. The number of carbonyl (C=O) groups excluding carboxylic acids is 1. The Bertz CT molecular complexity index is 1290. The summed E-state index contributed by atoms with van der Waals surface area (Å²) >= 11 is 6.10. The minimum atomic E-state index is -4.07. The van der Waals surface area contributed by atoms with Crippen LogP contribution in [0.2, 0.25) is 5.02 Å². The normalized spacial score (nSPS) is 11.1. The number of nitro benzene ring substituents is 1. The number of nitrogens with zero attached hydrogens (tertiary/aromatic N) is 1. The van der Waals surface area contributed by atoms with Gasteiger partial charge < -0.3 is 5.32 Å². The molecule has 0 spiro atoms. The van der Waals surface area contributed by atoms with E-state index < -0.39 is 20.9 Å². The van der Waals surface area contributed by atoms with Gasteiger partial charge in [0.25, 0.3) is 21.6 Å². The predicted octanol–water partition coefficient (Wildman–Crippen LogP) is 4.92. The molecule has 3 aromatic rings. The first-order valence-corrected chi connectivity index (χ1v) is 10.9. The van der Waals surface area contributed by atoms with Crippen molar-refractivity contribution in [1.82, 2.24) is 0 Å². The Labute approximate surface area is 184 Å². The number of nitrogens with one attached hydrogen (secondary N) is 2. The third-order valence-corrected chi connectivity index (χ3v) is 6.42. The summed E-state index contributed by atoms with van der Waals surface area (Å²) in [6, 6.07) is 14.3. The van der Waals surface area contributed by atoms with Crippen LogP contribution in [0.15, 0.2) is 65.6 Å². The maximum absolute atomic E-state index is 12.9. The van der Waals surface area contributed by atoms with Crippen molar-refractivity contribution in [2.24, 2.45) is 0 Å². The average molecular weight is 460 g/mol. The van der Waals surface area contributed by atoms with Crippen LogP contribution in [-0.2, 0) is 10.0 Å². The number of aryl methyl sites for hydroxylation is 2. The molecule has 0 aliphatic carbocycles. The van der Waals surface area contributed by atoms with Gasteiger partial charge in [-0.1, -0.05) is 23.7 Å². The van der Waals surface area contributed by atoms with Crippen LogP contribution in [0.25, 0.3) is 0 Å². The molecule has 2 N–H and O–H groups in total. The van der Waals surface area contributed by atoms with Gasteiger partial charge in [-0.25, -0.2) is 8.42 Å². The monoisotopic (exact) mass is 459 g/mol. The first kappa shape index (κ1) is 22.3. The zero-order valence-electron chi connectivity index (χ0n) is 16.5. The third-order valence-electron chi connectivity index (χ3n) is 4.56. The minimum Gasteiger partial charge on any atom is -0.322 e. The van der Waals surface area contributed by atoms with Gasteiger partial charge in [0, 0.05) is 29.1 Å². The van der Waals surface area contributed by atoms with Crippen molar-refractivity contribution in [3.8, 4) is 0 Å². The van der Waals surface area contributed by atoms with E-state index in [4.69, 9.17) is 11.6 Å². The highest BCUT2D eigenvalue weighted by molar-refractivity contribution is 7.92. The second-order valence-corrected chi connectivity index (χ2v) is 8.87. The Morgan fingerprint density at radius 3 is 2.39 bits per heavy atom. The van der Waals surface area contributed by atoms with Gasteiger partial charge >= 0.3 is 0 Å². The van der Waals surface area contributed by atoms with Gasteiger partial charge in [0.1, 0.15) is 4.90 Å². The Morgan fingerprint density at radius 1 is 0.968 bits per heavy atom. The van der Waals surface area contributed by atoms with E-state index >= 15 is 0 Å². The Balaban J connectivity index is 1.88. The molecule has 0 atom stereocenters. The van der Waals surface area contributed by atoms with Crippen LogP contribution in [-0.4, -0.2) is 19.2 Å². The molecular weight excluding hydrogens is 442 g/mol. The van der Waals surface area contributed by atoms with E-state index in [0.29, 0.717) is 5.69 Å². The van der Waals surface area contributed by atoms with Crippen LogP contribution in [0.4, 0.5) is 17.1 Å². The summed E-state index contributed by atoms with van der Waals surface area (Å²) in [5.74, 6) is -0.639. The SMILES string of the molecule is Cc1ccc(NS(=O)(=O)c2cc(C(=O)Nc3cccc([N+](=O)[O-])c3)ccc2Cl)cc1C. The van der Waals surface area contributed by atoms with Crippen molar-refractivity contribution in [2.45, 2.75) is 18.7 Å². The maximum Gasteiger partial charge on any atom is 0.271 e. The summed E-state index contributed by atoms with van der Waals surface area (Å²) in [6.45, 7) is 3.77. The maximum atomic E-state index is 12.9. The molecule has 31 heavy (non-hydrogen) atoms. The second kappa shape index (κ2) is 8.75. The standard InChI is InChI=1S/C21H18ClN3O5S/c1-13-6-8-17(10-14(13)2)24-31(29,30)20-11-15(7-9-19(20)22)21(26)23-16-4-3-5-18(12-16)25(27)28/h3-12,24H,1-2H3,(H,23,26). The van der Waals surface area contributed by atoms with Gasteiger partial charge in [-0.15, -0.1) is 0 Å². The molecule has 160 valence electrons. The molecule has 0 saturated heterocycles. The molecule has 0 radical (unpaired) electrons. The van der Waals surface area contributed by atoms with Crippen LogP contribution in [0, 0.1) is 24.0 Å². The number of hydrogen-bond acceptors (Lipinski definition) is 5.